The van der Waals surface area contributed by atoms with Crippen LogP contribution in [0.5, 0.6) is 0 Å². The van der Waals surface area contributed by atoms with Crippen LogP contribution in [-0.4, -0.2) is 43.1 Å². The van der Waals surface area contributed by atoms with Crippen LogP contribution in [0.15, 0.2) is 18.2 Å². The monoisotopic (exact) mass is 346 g/mol. The molecule has 2 aliphatic rings. The Morgan fingerprint density at radius 1 is 1.40 bits per heavy atom. The largest absolute Gasteiger partial charge is 0.366 e. The second kappa shape index (κ2) is 7.82. The van der Waals surface area contributed by atoms with Gasteiger partial charge in [-0.05, 0) is 56.7 Å². The number of amides is 1. The molecule has 2 N–H and O–H groups in total. The topological polar surface area (TPSA) is 87.5 Å². The predicted molar refractivity (Wildman–Crippen MR) is 96.8 cm³/mol. The Morgan fingerprint density at radius 3 is 2.96 bits per heavy atom. The summed E-state index contributed by atoms with van der Waals surface area (Å²) in [6.45, 7) is 5.05. The number of nitro groups is 1. The van der Waals surface area contributed by atoms with E-state index < -0.39 is 0 Å². The van der Waals surface area contributed by atoms with Gasteiger partial charge < -0.3 is 15.5 Å². The third-order valence-electron chi connectivity index (χ3n) is 5.13. The van der Waals surface area contributed by atoms with Gasteiger partial charge in [-0.2, -0.15) is 0 Å². The molecule has 2 heterocycles. The zero-order valence-electron chi connectivity index (χ0n) is 14.7. The van der Waals surface area contributed by atoms with Crippen molar-refractivity contribution < 1.29 is 9.72 Å². The molecule has 1 aromatic rings. The highest BCUT2D eigenvalue weighted by molar-refractivity contribution is 5.82. The number of hydrogen-bond donors (Lipinski definition) is 2. The second-order valence-electron chi connectivity index (χ2n) is 7.10. The average molecular weight is 346 g/mol. The molecule has 2 aliphatic heterocycles. The van der Waals surface area contributed by atoms with Gasteiger partial charge in [-0.3, -0.25) is 14.9 Å². The molecule has 0 spiro atoms. The summed E-state index contributed by atoms with van der Waals surface area (Å²) in [4.78, 5) is 25.3. The van der Waals surface area contributed by atoms with Gasteiger partial charge in [0.25, 0.3) is 5.69 Å². The normalized spacial score (nSPS) is 23.5. The Bertz CT molecular complexity index is 643. The Labute approximate surface area is 147 Å². The molecule has 1 amide bonds. The number of nitro benzene ring substituents is 1. The standard InChI is InChI=1S/C18H26N4O3/c1-13-6-7-16(22(24)25)17(10-13)21-9-3-4-14(12-21)11-20-18(23)15-5-2-8-19-15/h6-7,10,14-15,19H,2-5,8-9,11-12H2,1H3,(H,20,23). The predicted octanol–water partition coefficient (Wildman–Crippen LogP) is 1.99. The SMILES string of the molecule is Cc1ccc([N+](=O)[O-])c(N2CCCC(CNC(=O)C3CCCN3)C2)c1. The Kier molecular flexibility index (Phi) is 5.53. The quantitative estimate of drug-likeness (QED) is 0.629. The first-order chi connectivity index (χ1) is 12.0. The molecule has 136 valence electrons. The number of anilines is 1. The van der Waals surface area contributed by atoms with Crippen molar-refractivity contribution in [2.24, 2.45) is 5.92 Å². The lowest BCUT2D eigenvalue weighted by Gasteiger charge is -2.34. The highest BCUT2D eigenvalue weighted by atomic mass is 16.6. The maximum Gasteiger partial charge on any atom is 0.292 e. The van der Waals surface area contributed by atoms with E-state index in [1.807, 2.05) is 13.0 Å². The van der Waals surface area contributed by atoms with E-state index in [-0.39, 0.29) is 22.6 Å². The molecule has 7 heteroatoms. The van der Waals surface area contributed by atoms with Gasteiger partial charge in [-0.25, -0.2) is 0 Å². The molecule has 0 saturated carbocycles. The molecule has 3 rings (SSSR count). The van der Waals surface area contributed by atoms with Crippen molar-refractivity contribution >= 4 is 17.3 Å². The van der Waals surface area contributed by atoms with Gasteiger partial charge in [0.2, 0.25) is 5.91 Å². The Morgan fingerprint density at radius 2 is 2.24 bits per heavy atom. The number of benzene rings is 1. The van der Waals surface area contributed by atoms with Crippen molar-refractivity contribution in [3.05, 3.63) is 33.9 Å². The zero-order chi connectivity index (χ0) is 17.8. The fourth-order valence-electron chi connectivity index (χ4n) is 3.77. The fraction of sp³-hybridized carbons (Fsp3) is 0.611. The molecule has 0 radical (unpaired) electrons. The first-order valence-corrected chi connectivity index (χ1v) is 9.05. The molecular weight excluding hydrogens is 320 g/mol. The summed E-state index contributed by atoms with van der Waals surface area (Å²) in [7, 11) is 0. The summed E-state index contributed by atoms with van der Waals surface area (Å²) in [5, 5.41) is 17.6. The summed E-state index contributed by atoms with van der Waals surface area (Å²) in [6.07, 6.45) is 3.96. The van der Waals surface area contributed by atoms with Crippen LogP contribution in [0.4, 0.5) is 11.4 Å². The van der Waals surface area contributed by atoms with E-state index in [1.165, 1.54) is 0 Å². The molecule has 7 nitrogen and oxygen atoms in total. The van der Waals surface area contributed by atoms with E-state index >= 15 is 0 Å². The molecule has 0 aliphatic carbocycles. The second-order valence-corrected chi connectivity index (χ2v) is 7.10. The molecule has 2 saturated heterocycles. The van der Waals surface area contributed by atoms with Crippen LogP contribution in [0.25, 0.3) is 0 Å². The maximum atomic E-state index is 12.2. The van der Waals surface area contributed by atoms with Crippen LogP contribution in [0.2, 0.25) is 0 Å². The smallest absolute Gasteiger partial charge is 0.292 e. The number of carbonyl (C=O) groups excluding carboxylic acids is 1. The van der Waals surface area contributed by atoms with Gasteiger partial charge in [0.1, 0.15) is 5.69 Å². The highest BCUT2D eigenvalue weighted by Gasteiger charge is 2.27. The lowest BCUT2D eigenvalue weighted by Crippen LogP contribution is -2.45. The lowest BCUT2D eigenvalue weighted by molar-refractivity contribution is -0.384. The van der Waals surface area contributed by atoms with Crippen LogP contribution in [-0.2, 0) is 4.79 Å². The lowest BCUT2D eigenvalue weighted by atomic mass is 9.96. The van der Waals surface area contributed by atoms with Crippen molar-refractivity contribution in [1.29, 1.82) is 0 Å². The number of hydrogen-bond acceptors (Lipinski definition) is 5. The molecule has 25 heavy (non-hydrogen) atoms. The van der Waals surface area contributed by atoms with Crippen molar-refractivity contribution in [1.82, 2.24) is 10.6 Å². The number of nitrogens with zero attached hydrogens (tertiary/aromatic N) is 2. The van der Waals surface area contributed by atoms with Gasteiger partial charge in [0.05, 0.1) is 11.0 Å². The van der Waals surface area contributed by atoms with E-state index in [9.17, 15) is 14.9 Å². The minimum atomic E-state index is -0.314. The van der Waals surface area contributed by atoms with E-state index in [0.717, 1.165) is 50.9 Å². The molecule has 1 aromatic carbocycles. The molecule has 0 aromatic heterocycles. The number of carbonyl (C=O) groups is 1. The van der Waals surface area contributed by atoms with E-state index in [0.29, 0.717) is 18.2 Å². The van der Waals surface area contributed by atoms with Crippen molar-refractivity contribution in [3.63, 3.8) is 0 Å². The van der Waals surface area contributed by atoms with Crippen LogP contribution in [0.3, 0.4) is 0 Å². The molecule has 2 unspecified atom stereocenters. The molecular formula is C18H26N4O3. The number of nitrogens with one attached hydrogen (secondary N) is 2. The summed E-state index contributed by atoms with van der Waals surface area (Å²) in [5.41, 5.74) is 1.87. The average Bonchev–Trinajstić information content (AvgIpc) is 3.14. The summed E-state index contributed by atoms with van der Waals surface area (Å²) in [6, 6.07) is 5.19. The summed E-state index contributed by atoms with van der Waals surface area (Å²) >= 11 is 0. The molecule has 2 atom stereocenters. The minimum Gasteiger partial charge on any atom is -0.366 e. The zero-order valence-corrected chi connectivity index (χ0v) is 14.7. The maximum absolute atomic E-state index is 12.2. The fourth-order valence-corrected chi connectivity index (χ4v) is 3.77. The van der Waals surface area contributed by atoms with Crippen LogP contribution in [0.1, 0.15) is 31.2 Å². The number of piperidine rings is 1. The first kappa shape index (κ1) is 17.7. The van der Waals surface area contributed by atoms with Crippen LogP contribution < -0.4 is 15.5 Å². The first-order valence-electron chi connectivity index (χ1n) is 9.05. The number of aryl methyl sites for hydroxylation is 1. The van der Waals surface area contributed by atoms with Gasteiger partial charge in [0.15, 0.2) is 0 Å². The Hall–Kier alpha value is -2.15. The van der Waals surface area contributed by atoms with Gasteiger partial charge in [-0.15, -0.1) is 0 Å². The third-order valence-corrected chi connectivity index (χ3v) is 5.13. The summed E-state index contributed by atoms with van der Waals surface area (Å²) in [5.74, 6) is 0.398. The van der Waals surface area contributed by atoms with Gasteiger partial charge >= 0.3 is 0 Å². The highest BCUT2D eigenvalue weighted by Crippen LogP contribution is 2.32. The van der Waals surface area contributed by atoms with Crippen LogP contribution in [0, 0.1) is 23.0 Å². The minimum absolute atomic E-state index is 0.0578. The molecule has 0 bridgehead atoms. The van der Waals surface area contributed by atoms with E-state index in [1.54, 1.807) is 12.1 Å². The van der Waals surface area contributed by atoms with Crippen molar-refractivity contribution in [2.75, 3.05) is 31.1 Å². The van der Waals surface area contributed by atoms with Gasteiger partial charge in [-0.1, -0.05) is 6.07 Å². The van der Waals surface area contributed by atoms with Gasteiger partial charge in [0, 0.05) is 25.7 Å². The number of rotatable bonds is 5. The van der Waals surface area contributed by atoms with Crippen molar-refractivity contribution in [2.45, 2.75) is 38.6 Å². The van der Waals surface area contributed by atoms with E-state index in [4.69, 9.17) is 0 Å². The Balaban J connectivity index is 1.62. The molecule has 2 fully saturated rings. The van der Waals surface area contributed by atoms with E-state index in [2.05, 4.69) is 15.5 Å². The summed E-state index contributed by atoms with van der Waals surface area (Å²) < 4.78 is 0. The van der Waals surface area contributed by atoms with Crippen molar-refractivity contribution in [3.8, 4) is 0 Å². The third kappa shape index (κ3) is 4.28. The van der Waals surface area contributed by atoms with Crippen LogP contribution >= 0.6 is 0 Å².